The lowest BCUT2D eigenvalue weighted by Gasteiger charge is -2.25. The van der Waals surface area contributed by atoms with E-state index in [-0.39, 0.29) is 5.41 Å². The monoisotopic (exact) mass is 676 g/mol. The van der Waals surface area contributed by atoms with Crippen molar-refractivity contribution in [3.05, 3.63) is 169 Å². The summed E-state index contributed by atoms with van der Waals surface area (Å²) in [6.45, 7) is 4.74. The van der Waals surface area contributed by atoms with E-state index in [0.29, 0.717) is 5.95 Å². The van der Waals surface area contributed by atoms with Gasteiger partial charge in [0.1, 0.15) is 0 Å². The van der Waals surface area contributed by atoms with Crippen LogP contribution in [0.15, 0.2) is 158 Å². The van der Waals surface area contributed by atoms with Crippen LogP contribution in [0.5, 0.6) is 0 Å². The van der Waals surface area contributed by atoms with Gasteiger partial charge in [-0.2, -0.15) is 0 Å². The molecule has 53 heavy (non-hydrogen) atoms. The molecule has 8 aromatic carbocycles. The Kier molecular flexibility index (Phi) is 5.54. The smallest absolute Gasteiger partial charge is 0.235 e. The summed E-state index contributed by atoms with van der Waals surface area (Å²) in [5.41, 5.74) is 12.0. The molecule has 0 aliphatic heterocycles. The Balaban J connectivity index is 1.19. The highest BCUT2D eigenvalue weighted by atomic mass is 15.2. The first-order chi connectivity index (χ1) is 26.1. The number of para-hydroxylation sites is 2. The predicted molar refractivity (Wildman–Crippen MR) is 221 cm³/mol. The number of nitrogens with zero attached hydrogens (tertiary/aromatic N) is 4. The quantitative estimate of drug-likeness (QED) is 0.171. The van der Waals surface area contributed by atoms with Gasteiger partial charge in [-0.05, 0) is 68.7 Å². The van der Waals surface area contributed by atoms with Crippen molar-refractivity contribution in [2.45, 2.75) is 19.3 Å². The normalized spacial score (nSPS) is 13.6. The van der Waals surface area contributed by atoms with Crippen LogP contribution in [0.25, 0.3) is 98.8 Å². The molecule has 0 atom stereocenters. The van der Waals surface area contributed by atoms with E-state index < -0.39 is 0 Å². The third-order valence-electron chi connectivity index (χ3n) is 11.9. The molecule has 0 N–H and O–H groups in total. The van der Waals surface area contributed by atoms with E-state index in [1.807, 2.05) is 6.20 Å². The lowest BCUT2D eigenvalue weighted by molar-refractivity contribution is 0.656. The van der Waals surface area contributed by atoms with Gasteiger partial charge in [0.05, 0.1) is 33.3 Å². The van der Waals surface area contributed by atoms with Gasteiger partial charge in [-0.3, -0.25) is 4.57 Å². The van der Waals surface area contributed by atoms with Crippen molar-refractivity contribution >= 4 is 76.1 Å². The van der Waals surface area contributed by atoms with E-state index in [2.05, 4.69) is 175 Å². The lowest BCUT2D eigenvalue weighted by Crippen LogP contribution is -2.17. The van der Waals surface area contributed by atoms with Gasteiger partial charge in [0.25, 0.3) is 0 Å². The van der Waals surface area contributed by atoms with E-state index in [1.54, 1.807) is 0 Å². The maximum atomic E-state index is 5.41. The molecule has 1 aliphatic carbocycles. The molecular weight excluding hydrogens is 645 g/mol. The van der Waals surface area contributed by atoms with Crippen molar-refractivity contribution in [2.75, 3.05) is 0 Å². The molecule has 0 fully saturated rings. The molecule has 0 spiro atoms. The van der Waals surface area contributed by atoms with Crippen LogP contribution in [0, 0.1) is 0 Å². The second-order valence-corrected chi connectivity index (χ2v) is 15.0. The molecule has 0 bridgehead atoms. The summed E-state index contributed by atoms with van der Waals surface area (Å²) in [7, 11) is 0. The average Bonchev–Trinajstić information content (AvgIpc) is 3.81. The topological polar surface area (TPSA) is 35.6 Å². The Morgan fingerprint density at radius 2 is 0.962 bits per heavy atom. The van der Waals surface area contributed by atoms with Crippen LogP contribution in [0.3, 0.4) is 0 Å². The minimum atomic E-state index is -0.150. The van der Waals surface area contributed by atoms with E-state index in [0.717, 1.165) is 27.3 Å². The van der Waals surface area contributed by atoms with Gasteiger partial charge in [-0.25, -0.2) is 9.97 Å². The fraction of sp³-hybridized carbons (Fsp3) is 0.0612. The Bertz CT molecular complexity index is 3340. The highest BCUT2D eigenvalue weighted by molar-refractivity contribution is 6.29. The molecule has 1 aliphatic rings. The van der Waals surface area contributed by atoms with Crippen molar-refractivity contribution in [3.63, 3.8) is 0 Å². The maximum Gasteiger partial charge on any atom is 0.235 e. The molecule has 3 heterocycles. The van der Waals surface area contributed by atoms with Gasteiger partial charge in [0.15, 0.2) is 0 Å². The molecule has 4 heteroatoms. The number of benzene rings is 8. The molecule has 248 valence electrons. The van der Waals surface area contributed by atoms with E-state index in [9.17, 15) is 0 Å². The average molecular weight is 677 g/mol. The van der Waals surface area contributed by atoms with Crippen LogP contribution >= 0.6 is 0 Å². The third-order valence-corrected chi connectivity index (χ3v) is 11.9. The van der Waals surface area contributed by atoms with Gasteiger partial charge in [0.2, 0.25) is 5.95 Å². The van der Waals surface area contributed by atoms with Crippen LogP contribution in [0.4, 0.5) is 0 Å². The summed E-state index contributed by atoms with van der Waals surface area (Å²) < 4.78 is 4.77. The van der Waals surface area contributed by atoms with E-state index in [4.69, 9.17) is 9.97 Å². The van der Waals surface area contributed by atoms with Gasteiger partial charge in [-0.1, -0.05) is 135 Å². The fourth-order valence-corrected chi connectivity index (χ4v) is 9.76. The van der Waals surface area contributed by atoms with Crippen molar-refractivity contribution in [1.29, 1.82) is 0 Å². The van der Waals surface area contributed by atoms with Gasteiger partial charge in [-0.15, -0.1) is 0 Å². The summed E-state index contributed by atoms with van der Waals surface area (Å²) >= 11 is 0. The number of rotatable bonds is 2. The highest BCUT2D eigenvalue weighted by Crippen LogP contribution is 2.52. The van der Waals surface area contributed by atoms with Gasteiger partial charge < -0.3 is 4.57 Å². The minimum Gasteiger partial charge on any atom is -0.309 e. The molecule has 0 saturated heterocycles. The Morgan fingerprint density at radius 1 is 0.434 bits per heavy atom. The first-order valence-corrected chi connectivity index (χ1v) is 18.4. The Hall–Kier alpha value is -6.78. The van der Waals surface area contributed by atoms with Crippen LogP contribution in [-0.2, 0) is 5.41 Å². The number of fused-ring (bicyclic) bond motifs is 16. The molecule has 0 amide bonds. The largest absolute Gasteiger partial charge is 0.309 e. The Morgan fingerprint density at radius 3 is 1.68 bits per heavy atom. The van der Waals surface area contributed by atoms with Crippen LogP contribution in [-0.4, -0.2) is 19.1 Å². The molecule has 0 saturated carbocycles. The number of hydrogen-bond acceptors (Lipinski definition) is 2. The van der Waals surface area contributed by atoms with Gasteiger partial charge >= 0.3 is 0 Å². The van der Waals surface area contributed by atoms with Crippen molar-refractivity contribution in [2.24, 2.45) is 0 Å². The summed E-state index contributed by atoms with van der Waals surface area (Å²) in [6.07, 6.45) is 2.02. The first-order valence-electron chi connectivity index (χ1n) is 18.4. The maximum absolute atomic E-state index is 5.41. The summed E-state index contributed by atoms with van der Waals surface area (Å²) in [5, 5.41) is 10.7. The summed E-state index contributed by atoms with van der Waals surface area (Å²) in [6, 6.07) is 55.1. The van der Waals surface area contributed by atoms with Crippen molar-refractivity contribution < 1.29 is 0 Å². The van der Waals surface area contributed by atoms with Crippen LogP contribution < -0.4 is 0 Å². The van der Waals surface area contributed by atoms with Crippen molar-refractivity contribution in [1.82, 2.24) is 19.1 Å². The predicted octanol–water partition coefficient (Wildman–Crippen LogP) is 12.4. The number of aromatic nitrogens is 4. The molecule has 0 radical (unpaired) electrons. The molecule has 12 rings (SSSR count). The number of hydrogen-bond donors (Lipinski definition) is 0. The first kappa shape index (κ1) is 28.9. The second kappa shape index (κ2) is 10.2. The molecular formula is C49H32N4. The highest BCUT2D eigenvalue weighted by Gasteiger charge is 2.38. The van der Waals surface area contributed by atoms with Crippen LogP contribution in [0.1, 0.15) is 25.0 Å². The summed E-state index contributed by atoms with van der Waals surface area (Å²) in [5.74, 6) is 0.674. The SMILES string of the molecule is CC1(C)c2ccccc2-c2cccc(-n3c4ccccc4c4c5c6ccccc6n(-c6ncc7c8ccccc8c8ccccc8c7n6)c5ccc43)c21. The second-order valence-electron chi connectivity index (χ2n) is 15.0. The van der Waals surface area contributed by atoms with Gasteiger partial charge in [0, 0.05) is 43.9 Å². The third kappa shape index (κ3) is 3.65. The van der Waals surface area contributed by atoms with Crippen LogP contribution in [0.2, 0.25) is 0 Å². The minimum absolute atomic E-state index is 0.150. The standard InChI is InChI=1S/C49H32N4/c1-49(2)38-22-10-7-17-32(38)33-21-13-25-43(46(33)49)52-39-23-11-8-19-35(39)44-41(52)26-27-42-45(44)36-20-9-12-24-40(36)53(42)48-50-28-37-31-16-4-3-14-29(31)30-15-5-6-18-34(30)47(37)51-48/h3-28H,1-2H3. The molecule has 0 unspecified atom stereocenters. The summed E-state index contributed by atoms with van der Waals surface area (Å²) in [4.78, 5) is 10.5. The fourth-order valence-electron chi connectivity index (χ4n) is 9.76. The molecule has 4 nitrogen and oxygen atoms in total. The lowest BCUT2D eigenvalue weighted by atomic mass is 9.81. The zero-order valence-corrected chi connectivity index (χ0v) is 29.3. The Labute approximate surface area is 305 Å². The zero-order chi connectivity index (χ0) is 35.0. The molecule has 3 aromatic heterocycles. The van der Waals surface area contributed by atoms with E-state index in [1.165, 1.54) is 76.7 Å². The zero-order valence-electron chi connectivity index (χ0n) is 29.3. The van der Waals surface area contributed by atoms with E-state index >= 15 is 0 Å². The van der Waals surface area contributed by atoms with Crippen molar-refractivity contribution in [3.8, 4) is 22.8 Å². The molecule has 11 aromatic rings.